The Morgan fingerprint density at radius 1 is 0.871 bits per heavy atom. The van der Waals surface area contributed by atoms with Gasteiger partial charge >= 0.3 is 0 Å². The minimum absolute atomic E-state index is 0.0447. The topological polar surface area (TPSA) is 43.9 Å². The van der Waals surface area contributed by atoms with E-state index in [4.69, 9.17) is 0 Å². The Hall–Kier alpha value is -2.66. The average Bonchev–Trinajstić information content (AvgIpc) is 2.83. The summed E-state index contributed by atoms with van der Waals surface area (Å²) < 4.78 is 0. The summed E-state index contributed by atoms with van der Waals surface area (Å²) in [6, 6.07) is 18.3. The van der Waals surface area contributed by atoms with Crippen LogP contribution < -0.4 is 0 Å². The number of rotatable bonds is 5. The van der Waals surface area contributed by atoms with Gasteiger partial charge in [-0.05, 0) is 43.9 Å². The van der Waals surface area contributed by atoms with E-state index < -0.39 is 0 Å². The summed E-state index contributed by atoms with van der Waals surface area (Å²) in [6.45, 7) is 7.77. The zero-order chi connectivity index (χ0) is 21.6. The number of piperazine rings is 1. The second-order valence-corrected chi connectivity index (χ2v) is 8.86. The molecule has 1 atom stereocenters. The van der Waals surface area contributed by atoms with Gasteiger partial charge in [-0.15, -0.1) is 0 Å². The van der Waals surface area contributed by atoms with Crippen molar-refractivity contribution in [1.82, 2.24) is 14.7 Å². The first-order valence-electron chi connectivity index (χ1n) is 11.5. The van der Waals surface area contributed by atoms with Crippen LogP contribution >= 0.6 is 0 Å². The molecule has 2 amide bonds. The Labute approximate surface area is 185 Å². The van der Waals surface area contributed by atoms with Gasteiger partial charge in [-0.25, -0.2) is 0 Å². The second kappa shape index (κ2) is 10.1. The number of carbonyl (C=O) groups excluding carboxylic acids is 2. The standard InChI is InChI=1S/C26H33N3O2/c1-21-9-11-23(12-10-21)25(30)29-14-5-8-24(20-29)26(31)28-18-16-27(17-19-28)15-13-22-6-3-2-4-7-22/h2-4,6-7,9-12,24H,5,8,13-20H2,1H3. The van der Waals surface area contributed by atoms with Gasteiger partial charge in [0, 0.05) is 51.4 Å². The van der Waals surface area contributed by atoms with Crippen molar-refractivity contribution < 1.29 is 9.59 Å². The van der Waals surface area contributed by atoms with Gasteiger partial charge in [0.05, 0.1) is 5.92 Å². The van der Waals surface area contributed by atoms with E-state index >= 15 is 0 Å². The number of amides is 2. The third-order valence-corrected chi connectivity index (χ3v) is 6.60. The number of carbonyl (C=O) groups is 2. The molecule has 2 heterocycles. The molecule has 2 aliphatic rings. The fraction of sp³-hybridized carbons (Fsp3) is 0.462. The Kier molecular flexibility index (Phi) is 7.03. The number of nitrogens with zero attached hydrogens (tertiary/aromatic N) is 3. The molecule has 2 aromatic rings. The Morgan fingerprint density at radius 3 is 2.29 bits per heavy atom. The maximum absolute atomic E-state index is 13.2. The van der Waals surface area contributed by atoms with Crippen LogP contribution in [0.2, 0.25) is 0 Å². The molecule has 0 aromatic heterocycles. The molecule has 0 saturated carbocycles. The normalized spacial score (nSPS) is 20.0. The van der Waals surface area contributed by atoms with E-state index in [1.54, 1.807) is 0 Å². The maximum Gasteiger partial charge on any atom is 0.253 e. The molecule has 0 radical (unpaired) electrons. The van der Waals surface area contributed by atoms with Crippen molar-refractivity contribution in [2.75, 3.05) is 45.8 Å². The molecule has 0 N–H and O–H groups in total. The lowest BCUT2D eigenvalue weighted by Crippen LogP contribution is -2.53. The molecular formula is C26H33N3O2. The minimum Gasteiger partial charge on any atom is -0.340 e. The van der Waals surface area contributed by atoms with E-state index in [2.05, 4.69) is 35.2 Å². The Morgan fingerprint density at radius 2 is 1.58 bits per heavy atom. The number of hydrogen-bond donors (Lipinski definition) is 0. The molecular weight excluding hydrogens is 386 g/mol. The molecule has 2 aromatic carbocycles. The molecule has 2 saturated heterocycles. The van der Waals surface area contributed by atoms with E-state index in [0.717, 1.165) is 64.1 Å². The first kappa shape index (κ1) is 21.6. The van der Waals surface area contributed by atoms with E-state index in [1.807, 2.05) is 41.0 Å². The van der Waals surface area contributed by atoms with Crippen LogP contribution in [0.4, 0.5) is 0 Å². The predicted octanol–water partition coefficient (Wildman–Crippen LogP) is 3.23. The first-order chi connectivity index (χ1) is 15.1. The highest BCUT2D eigenvalue weighted by Gasteiger charge is 2.32. The minimum atomic E-state index is -0.0704. The smallest absolute Gasteiger partial charge is 0.253 e. The summed E-state index contributed by atoms with van der Waals surface area (Å²) in [6.07, 6.45) is 2.82. The predicted molar refractivity (Wildman–Crippen MR) is 123 cm³/mol. The zero-order valence-corrected chi connectivity index (χ0v) is 18.5. The van der Waals surface area contributed by atoms with Gasteiger partial charge in [-0.3, -0.25) is 14.5 Å². The third-order valence-electron chi connectivity index (χ3n) is 6.60. The van der Waals surface area contributed by atoms with E-state index in [0.29, 0.717) is 12.1 Å². The molecule has 164 valence electrons. The van der Waals surface area contributed by atoms with Gasteiger partial charge in [0.15, 0.2) is 0 Å². The van der Waals surface area contributed by atoms with Gasteiger partial charge in [0.1, 0.15) is 0 Å². The van der Waals surface area contributed by atoms with Gasteiger partial charge < -0.3 is 9.80 Å². The van der Waals surface area contributed by atoms with Crippen LogP contribution in [0.15, 0.2) is 54.6 Å². The molecule has 0 bridgehead atoms. The fourth-order valence-corrected chi connectivity index (χ4v) is 4.62. The van der Waals surface area contributed by atoms with Crippen molar-refractivity contribution in [1.29, 1.82) is 0 Å². The highest BCUT2D eigenvalue weighted by molar-refractivity contribution is 5.94. The molecule has 0 aliphatic carbocycles. The van der Waals surface area contributed by atoms with Crippen LogP contribution in [-0.2, 0) is 11.2 Å². The molecule has 2 aliphatic heterocycles. The summed E-state index contributed by atoms with van der Waals surface area (Å²) in [5.41, 5.74) is 3.22. The molecule has 2 fully saturated rings. The summed E-state index contributed by atoms with van der Waals surface area (Å²) in [5.74, 6) is 0.200. The second-order valence-electron chi connectivity index (χ2n) is 8.86. The van der Waals surface area contributed by atoms with Crippen molar-refractivity contribution in [2.24, 2.45) is 5.92 Å². The highest BCUT2D eigenvalue weighted by atomic mass is 16.2. The van der Waals surface area contributed by atoms with Crippen LogP contribution in [0.5, 0.6) is 0 Å². The lowest BCUT2D eigenvalue weighted by molar-refractivity contribution is -0.138. The van der Waals surface area contributed by atoms with Gasteiger partial charge in [-0.2, -0.15) is 0 Å². The highest BCUT2D eigenvalue weighted by Crippen LogP contribution is 2.22. The SMILES string of the molecule is Cc1ccc(C(=O)N2CCCC(C(=O)N3CCN(CCc4ccccc4)CC3)C2)cc1. The monoisotopic (exact) mass is 419 g/mol. The maximum atomic E-state index is 13.2. The lowest BCUT2D eigenvalue weighted by Gasteiger charge is -2.39. The van der Waals surface area contributed by atoms with Crippen molar-refractivity contribution >= 4 is 11.8 Å². The molecule has 5 heteroatoms. The van der Waals surface area contributed by atoms with Gasteiger partial charge in [0.25, 0.3) is 5.91 Å². The molecule has 0 spiro atoms. The summed E-state index contributed by atoms with van der Waals surface area (Å²) >= 11 is 0. The summed E-state index contributed by atoms with van der Waals surface area (Å²) in [7, 11) is 0. The molecule has 4 rings (SSSR count). The van der Waals surface area contributed by atoms with Crippen LogP contribution in [0.25, 0.3) is 0 Å². The van der Waals surface area contributed by atoms with Crippen LogP contribution in [0.1, 0.15) is 34.3 Å². The van der Waals surface area contributed by atoms with Gasteiger partial charge in [0.2, 0.25) is 5.91 Å². The van der Waals surface area contributed by atoms with Crippen LogP contribution in [0, 0.1) is 12.8 Å². The number of benzene rings is 2. The fourth-order valence-electron chi connectivity index (χ4n) is 4.62. The molecule has 1 unspecified atom stereocenters. The van der Waals surface area contributed by atoms with Crippen LogP contribution in [0.3, 0.4) is 0 Å². The zero-order valence-electron chi connectivity index (χ0n) is 18.5. The van der Waals surface area contributed by atoms with Crippen molar-refractivity contribution in [3.05, 3.63) is 71.3 Å². The number of hydrogen-bond acceptors (Lipinski definition) is 3. The average molecular weight is 420 g/mol. The quantitative estimate of drug-likeness (QED) is 0.747. The van der Waals surface area contributed by atoms with Crippen molar-refractivity contribution in [3.63, 3.8) is 0 Å². The largest absolute Gasteiger partial charge is 0.340 e. The van der Waals surface area contributed by atoms with Gasteiger partial charge in [-0.1, -0.05) is 48.0 Å². The van der Waals surface area contributed by atoms with Crippen LogP contribution in [-0.4, -0.2) is 72.3 Å². The third kappa shape index (κ3) is 5.53. The Balaban J connectivity index is 1.26. The molecule has 5 nitrogen and oxygen atoms in total. The lowest BCUT2D eigenvalue weighted by atomic mass is 9.95. The molecule has 31 heavy (non-hydrogen) atoms. The van der Waals surface area contributed by atoms with E-state index in [9.17, 15) is 9.59 Å². The Bertz CT molecular complexity index is 873. The first-order valence-corrected chi connectivity index (χ1v) is 11.5. The summed E-state index contributed by atoms with van der Waals surface area (Å²) in [4.78, 5) is 32.4. The van der Waals surface area contributed by atoms with E-state index in [-0.39, 0.29) is 17.7 Å². The van der Waals surface area contributed by atoms with Crippen molar-refractivity contribution in [2.45, 2.75) is 26.2 Å². The number of aryl methyl sites for hydroxylation is 1. The summed E-state index contributed by atoms with van der Waals surface area (Å²) in [5, 5.41) is 0. The van der Waals surface area contributed by atoms with E-state index in [1.165, 1.54) is 5.56 Å². The number of likely N-dealkylation sites (tertiary alicyclic amines) is 1. The number of piperidine rings is 1. The van der Waals surface area contributed by atoms with Crippen molar-refractivity contribution in [3.8, 4) is 0 Å².